The van der Waals surface area contributed by atoms with E-state index in [9.17, 15) is 0 Å². The first kappa shape index (κ1) is 38.3. The molecule has 0 amide bonds. The molecule has 0 unspecified atom stereocenters. The minimum Gasteiger partial charge on any atom is -0.0919 e. The van der Waals surface area contributed by atoms with Crippen LogP contribution in [-0.4, -0.2) is 0 Å². The van der Waals surface area contributed by atoms with Gasteiger partial charge < -0.3 is 0 Å². The van der Waals surface area contributed by atoms with Crippen molar-refractivity contribution >= 4 is 0 Å². The van der Waals surface area contributed by atoms with Crippen molar-refractivity contribution in [2.45, 2.75) is 82.1 Å². The average Bonchev–Trinajstić information content (AvgIpc) is 2.78. The zero-order valence-electron chi connectivity index (χ0n) is 21.8. The predicted octanol–water partition coefficient (Wildman–Crippen LogP) is 10.9. The summed E-state index contributed by atoms with van der Waals surface area (Å²) in [6.07, 6.45) is 38.7. The monoisotopic (exact) mass is 412 g/mol. The van der Waals surface area contributed by atoms with Crippen LogP contribution in [0.25, 0.3) is 0 Å². The SMILES string of the molecule is CC=CC.CC=CC=CC.CC=CC=CC=CC.CC=CC=CCC.CC=CCC. The second-order valence-corrected chi connectivity index (χ2v) is 5.49. The fourth-order valence-corrected chi connectivity index (χ4v) is 1.13. The summed E-state index contributed by atoms with van der Waals surface area (Å²) in [5.74, 6) is 0. The third kappa shape index (κ3) is 97.4. The van der Waals surface area contributed by atoms with Gasteiger partial charge >= 0.3 is 0 Å². The van der Waals surface area contributed by atoms with Gasteiger partial charge in [0.25, 0.3) is 0 Å². The van der Waals surface area contributed by atoms with E-state index in [1.807, 2.05) is 140 Å². The molecule has 0 aliphatic heterocycles. The maximum Gasteiger partial charge on any atom is -0.0376 e. The fraction of sp³-hybridized carbons (Fsp3) is 0.400. The molecule has 0 aromatic heterocycles. The van der Waals surface area contributed by atoms with E-state index in [-0.39, 0.29) is 0 Å². The first-order valence-electron chi connectivity index (χ1n) is 11.2. The van der Waals surface area contributed by atoms with Gasteiger partial charge in [-0.25, -0.2) is 0 Å². The molecule has 0 rings (SSSR count). The molecular formula is C30H52. The zero-order valence-corrected chi connectivity index (χ0v) is 21.8. The van der Waals surface area contributed by atoms with Gasteiger partial charge in [-0.05, 0) is 68.2 Å². The molecule has 0 aliphatic rings. The lowest BCUT2D eigenvalue weighted by atomic mass is 10.4. The van der Waals surface area contributed by atoms with Gasteiger partial charge in [-0.15, -0.1) is 0 Å². The van der Waals surface area contributed by atoms with Crippen LogP contribution in [0.15, 0.2) is 109 Å². The predicted molar refractivity (Wildman–Crippen MR) is 148 cm³/mol. The van der Waals surface area contributed by atoms with Crippen molar-refractivity contribution in [3.8, 4) is 0 Å². The summed E-state index contributed by atoms with van der Waals surface area (Å²) in [6, 6.07) is 0. The molecule has 0 nitrogen and oxygen atoms in total. The first-order valence-corrected chi connectivity index (χ1v) is 11.2. The van der Waals surface area contributed by atoms with Gasteiger partial charge in [0.1, 0.15) is 0 Å². The van der Waals surface area contributed by atoms with Crippen molar-refractivity contribution in [3.05, 3.63) is 109 Å². The fourth-order valence-electron chi connectivity index (χ4n) is 1.13. The summed E-state index contributed by atoms with van der Waals surface area (Å²) in [4.78, 5) is 0. The lowest BCUT2D eigenvalue weighted by molar-refractivity contribution is 1.22. The van der Waals surface area contributed by atoms with Crippen molar-refractivity contribution in [3.63, 3.8) is 0 Å². The van der Waals surface area contributed by atoms with Crippen LogP contribution >= 0.6 is 0 Å². The molecule has 0 saturated carbocycles. The first-order chi connectivity index (χ1) is 14.6. The van der Waals surface area contributed by atoms with Gasteiger partial charge in [-0.2, -0.15) is 0 Å². The van der Waals surface area contributed by atoms with Crippen LogP contribution in [0.3, 0.4) is 0 Å². The largest absolute Gasteiger partial charge is 0.0919 e. The maximum atomic E-state index is 2.12. The Hall–Kier alpha value is -2.34. The molecule has 0 fully saturated rings. The number of allylic oxidation sites excluding steroid dienone is 18. The molecule has 30 heavy (non-hydrogen) atoms. The van der Waals surface area contributed by atoms with Gasteiger partial charge in [-0.1, -0.05) is 123 Å². The minimum atomic E-state index is 1.13. The minimum absolute atomic E-state index is 1.13. The lowest BCUT2D eigenvalue weighted by Crippen LogP contribution is -1.48. The summed E-state index contributed by atoms with van der Waals surface area (Å²) < 4.78 is 0. The molecule has 0 aliphatic carbocycles. The molecule has 0 saturated heterocycles. The van der Waals surface area contributed by atoms with E-state index in [0.717, 1.165) is 12.8 Å². The van der Waals surface area contributed by atoms with E-state index in [1.54, 1.807) is 0 Å². The van der Waals surface area contributed by atoms with Crippen LogP contribution < -0.4 is 0 Å². The smallest absolute Gasteiger partial charge is 0.0376 e. The third-order valence-corrected chi connectivity index (χ3v) is 2.69. The molecule has 0 spiro atoms. The average molecular weight is 413 g/mol. The Morgan fingerprint density at radius 1 is 0.300 bits per heavy atom. The van der Waals surface area contributed by atoms with Crippen molar-refractivity contribution in [2.75, 3.05) is 0 Å². The normalized spacial score (nSPS) is 11.4. The Morgan fingerprint density at radius 2 is 0.600 bits per heavy atom. The Labute approximate surface area is 191 Å². The summed E-state index contributed by atoms with van der Waals surface area (Å²) in [7, 11) is 0. The summed E-state index contributed by atoms with van der Waals surface area (Å²) >= 11 is 0. The van der Waals surface area contributed by atoms with Crippen LogP contribution in [0.4, 0.5) is 0 Å². The molecule has 172 valence electrons. The van der Waals surface area contributed by atoms with E-state index in [1.165, 1.54) is 0 Å². The zero-order chi connectivity index (χ0) is 24.1. The van der Waals surface area contributed by atoms with E-state index >= 15 is 0 Å². The van der Waals surface area contributed by atoms with E-state index < -0.39 is 0 Å². The second-order valence-electron chi connectivity index (χ2n) is 5.49. The van der Waals surface area contributed by atoms with Crippen LogP contribution in [0.1, 0.15) is 82.1 Å². The Morgan fingerprint density at radius 3 is 0.800 bits per heavy atom. The molecule has 0 heteroatoms. The second kappa shape index (κ2) is 56.3. The van der Waals surface area contributed by atoms with Crippen molar-refractivity contribution in [1.29, 1.82) is 0 Å². The van der Waals surface area contributed by atoms with Gasteiger partial charge in [0.15, 0.2) is 0 Å². The maximum absolute atomic E-state index is 2.12. The van der Waals surface area contributed by atoms with Gasteiger partial charge in [0.05, 0.1) is 0 Å². The summed E-state index contributed by atoms with van der Waals surface area (Å²) in [6.45, 7) is 20.3. The standard InChI is InChI=1S/C8H12.C7H12.C6H10.C5H10.C4H8/c1-3-5-7-8-6-4-2;1-3-5-7-6-4-2;1-3-5-6-4-2;1-3-5-4-2;1-3-4-2/h3-8H,1-2H3;3,5-7H,4H2,1-2H3;3-6H,1-2H3;3,5H,4H2,1-2H3;3-4H,1-2H3. The third-order valence-electron chi connectivity index (χ3n) is 2.69. The number of hydrogen-bond donors (Lipinski definition) is 0. The highest BCUT2D eigenvalue weighted by Gasteiger charge is 1.58. The Bertz CT molecular complexity index is 458. The summed E-state index contributed by atoms with van der Waals surface area (Å²) in [5, 5.41) is 0. The van der Waals surface area contributed by atoms with Crippen LogP contribution in [0.5, 0.6) is 0 Å². The van der Waals surface area contributed by atoms with E-state index in [0.29, 0.717) is 0 Å². The molecule has 0 atom stereocenters. The van der Waals surface area contributed by atoms with Gasteiger partial charge in [0, 0.05) is 0 Å². The molecular weight excluding hydrogens is 360 g/mol. The number of hydrogen-bond acceptors (Lipinski definition) is 0. The van der Waals surface area contributed by atoms with E-state index in [2.05, 4.69) is 38.2 Å². The molecule has 0 N–H and O–H groups in total. The highest BCUT2D eigenvalue weighted by Crippen LogP contribution is 1.79. The van der Waals surface area contributed by atoms with Crippen molar-refractivity contribution in [1.82, 2.24) is 0 Å². The highest BCUT2D eigenvalue weighted by atomic mass is 13.7. The topological polar surface area (TPSA) is 0 Å². The lowest BCUT2D eigenvalue weighted by Gasteiger charge is -1.70. The molecule has 0 aromatic carbocycles. The molecule has 0 radical (unpaired) electrons. The quantitative estimate of drug-likeness (QED) is 0.300. The number of rotatable bonds is 6. The van der Waals surface area contributed by atoms with Crippen molar-refractivity contribution < 1.29 is 0 Å². The molecule has 0 bridgehead atoms. The van der Waals surface area contributed by atoms with Crippen LogP contribution in [0.2, 0.25) is 0 Å². The van der Waals surface area contributed by atoms with Crippen molar-refractivity contribution in [2.24, 2.45) is 0 Å². The van der Waals surface area contributed by atoms with E-state index in [4.69, 9.17) is 0 Å². The van der Waals surface area contributed by atoms with Gasteiger partial charge in [-0.3, -0.25) is 0 Å². The Kier molecular flexibility index (Phi) is 71.8. The van der Waals surface area contributed by atoms with Crippen LogP contribution in [-0.2, 0) is 0 Å². The Balaban J connectivity index is -0.0000000886. The molecule has 0 heterocycles. The highest BCUT2D eigenvalue weighted by molar-refractivity contribution is 5.09. The van der Waals surface area contributed by atoms with Crippen LogP contribution in [0, 0.1) is 0 Å². The van der Waals surface area contributed by atoms with Gasteiger partial charge in [0.2, 0.25) is 0 Å². The molecule has 0 aromatic rings. The summed E-state index contributed by atoms with van der Waals surface area (Å²) in [5.41, 5.74) is 0.